The van der Waals surface area contributed by atoms with Gasteiger partial charge in [0, 0.05) is 6.26 Å². The first kappa shape index (κ1) is 22.7. The molecule has 148 valence electrons. The Balaban J connectivity index is 0.000000274. The van der Waals surface area contributed by atoms with E-state index in [9.17, 15) is 13.2 Å². The van der Waals surface area contributed by atoms with Gasteiger partial charge in [-0.05, 0) is 50.8 Å². The first-order chi connectivity index (χ1) is 12.8. The number of allylic oxidation sites excluding steroid dienone is 2. The number of H-pyrrole nitrogens is 1. The topological polar surface area (TPSA) is 70.6 Å². The molecule has 1 aromatic carbocycles. The van der Waals surface area contributed by atoms with Crippen molar-refractivity contribution in [3.8, 4) is 0 Å². The number of hydrogen-bond acceptors (Lipinski definition) is 5. The first-order valence-corrected chi connectivity index (χ1v) is 9.69. The number of ether oxygens (including phenoxy) is 1. The molecule has 0 amide bonds. The minimum Gasteiger partial charge on any atom is -0.473 e. The van der Waals surface area contributed by atoms with Crippen molar-refractivity contribution >= 4 is 28.0 Å². The molecule has 1 unspecified atom stereocenters. The van der Waals surface area contributed by atoms with Crippen LogP contribution in [0.4, 0.5) is 8.96 Å². The van der Waals surface area contributed by atoms with Crippen LogP contribution in [0.15, 0.2) is 57.9 Å². The normalized spacial score (nSPS) is 12.4. The maximum atomic E-state index is 11.7. The van der Waals surface area contributed by atoms with Crippen LogP contribution < -0.4 is 0 Å². The molecule has 0 aliphatic rings. The van der Waals surface area contributed by atoms with Gasteiger partial charge in [0.15, 0.2) is 5.16 Å². The van der Waals surface area contributed by atoms with E-state index in [1.54, 1.807) is 38.5 Å². The highest BCUT2D eigenvalue weighted by Gasteiger charge is 2.03. The predicted molar refractivity (Wildman–Crippen MR) is 105 cm³/mol. The van der Waals surface area contributed by atoms with E-state index in [0.29, 0.717) is 17.5 Å². The highest BCUT2D eigenvalue weighted by atomic mass is 32.2. The van der Waals surface area contributed by atoms with Crippen molar-refractivity contribution in [2.24, 2.45) is 4.99 Å². The van der Waals surface area contributed by atoms with Gasteiger partial charge in [0.25, 0.3) is 0 Å². The second kappa shape index (κ2) is 12.1. The van der Waals surface area contributed by atoms with Gasteiger partial charge in [-0.1, -0.05) is 27.2 Å². The molecule has 0 bridgehead atoms. The monoisotopic (exact) mass is 398 g/mol. The molecule has 9 heteroatoms. The molecule has 2 aromatic rings. The third-order valence-corrected chi connectivity index (χ3v) is 3.85. The smallest absolute Gasteiger partial charge is 0.200 e. The van der Waals surface area contributed by atoms with Gasteiger partial charge in [-0.25, -0.2) is 4.98 Å². The largest absolute Gasteiger partial charge is 0.473 e. The summed E-state index contributed by atoms with van der Waals surface area (Å²) in [5.74, 6) is 0.446. The number of aromatic amines is 1. The fourth-order valence-corrected chi connectivity index (χ4v) is 2.35. The summed E-state index contributed by atoms with van der Waals surface area (Å²) in [5.41, 5.74) is 2.64. The summed E-state index contributed by atoms with van der Waals surface area (Å²) < 4.78 is 39.4. The number of rotatable bonds is 7. The molecule has 1 heterocycles. The zero-order chi connectivity index (χ0) is 20.2. The Morgan fingerprint density at radius 3 is 2.63 bits per heavy atom. The lowest BCUT2D eigenvalue weighted by atomic mass is 10.2. The van der Waals surface area contributed by atoms with Crippen LogP contribution in [-0.2, 0) is 15.5 Å². The van der Waals surface area contributed by atoms with E-state index in [4.69, 9.17) is 4.74 Å². The number of hydrogen-bond donors (Lipinski definition) is 1. The number of para-hydroxylation sites is 2. The second-order valence-corrected chi connectivity index (χ2v) is 6.77. The van der Waals surface area contributed by atoms with Crippen molar-refractivity contribution in [1.82, 2.24) is 15.3 Å². The molecular formula is C18H24F2N4O2S. The summed E-state index contributed by atoms with van der Waals surface area (Å²) in [5, 5.41) is -0.475. The molecule has 0 saturated carbocycles. The molecule has 6 nitrogen and oxygen atoms in total. The number of benzene rings is 1. The van der Waals surface area contributed by atoms with E-state index in [-0.39, 0.29) is 0 Å². The quantitative estimate of drug-likeness (QED) is 0.249. The third-order valence-electron chi connectivity index (χ3n) is 3.11. The summed E-state index contributed by atoms with van der Waals surface area (Å²) in [6.45, 7) is 5.19. The van der Waals surface area contributed by atoms with E-state index in [2.05, 4.69) is 15.0 Å². The number of aliphatic imine (C=N–C) groups is 1. The number of aromatic nitrogens is 2. The van der Waals surface area contributed by atoms with Crippen molar-refractivity contribution in [2.75, 3.05) is 19.5 Å². The Hall–Kier alpha value is -2.39. The summed E-state index contributed by atoms with van der Waals surface area (Å²) in [4.78, 5) is 11.1. The van der Waals surface area contributed by atoms with Crippen molar-refractivity contribution in [2.45, 2.75) is 25.9 Å². The predicted octanol–water partition coefficient (Wildman–Crippen LogP) is 4.27. The van der Waals surface area contributed by atoms with Gasteiger partial charge in [-0.15, -0.1) is 0 Å². The average Bonchev–Trinajstić information content (AvgIpc) is 3.05. The van der Waals surface area contributed by atoms with Gasteiger partial charge in [0.05, 0.1) is 33.7 Å². The van der Waals surface area contributed by atoms with E-state index in [0.717, 1.165) is 16.6 Å². The van der Waals surface area contributed by atoms with Crippen LogP contribution in [0, 0.1) is 0 Å². The zero-order valence-corrected chi connectivity index (χ0v) is 16.6. The van der Waals surface area contributed by atoms with Crippen LogP contribution in [0.2, 0.25) is 0 Å². The van der Waals surface area contributed by atoms with Gasteiger partial charge in [0.2, 0.25) is 6.73 Å². The van der Waals surface area contributed by atoms with Crippen molar-refractivity contribution in [3.63, 3.8) is 0 Å². The molecule has 0 aliphatic heterocycles. The van der Waals surface area contributed by atoms with E-state index in [1.165, 1.54) is 0 Å². The van der Waals surface area contributed by atoms with Crippen LogP contribution >= 0.6 is 0 Å². The number of nitrogens with zero attached hydrogens (tertiary/aromatic N) is 3. The third kappa shape index (κ3) is 8.69. The molecule has 27 heavy (non-hydrogen) atoms. The molecule has 1 aromatic heterocycles. The molecule has 0 radical (unpaired) electrons. The lowest BCUT2D eigenvalue weighted by Crippen LogP contribution is -2.07. The first-order valence-electron chi connectivity index (χ1n) is 8.13. The SMILES string of the molecule is CC=NCC=CC(OCN(F)F)=C(C)C.CS(=O)c1nc2ccccc2[nH]1. The van der Waals surface area contributed by atoms with Gasteiger partial charge in [-0.3, -0.25) is 9.20 Å². The number of imidazole rings is 1. The zero-order valence-electron chi connectivity index (χ0n) is 15.8. The van der Waals surface area contributed by atoms with Gasteiger partial charge in [-0.2, -0.15) is 0 Å². The molecule has 0 spiro atoms. The standard InChI is InChI=1S/C10H16F2N2O.C8H8N2OS/c1-4-13-7-5-6-10(9(2)3)15-8-14(11)12;1-12(11)8-9-6-4-2-3-5-7(6)10-8/h4-6H,7-8H2,1-3H3;2-5H,1H3,(H,9,10). The van der Waals surface area contributed by atoms with Gasteiger partial charge >= 0.3 is 0 Å². The van der Waals surface area contributed by atoms with Gasteiger partial charge < -0.3 is 9.72 Å². The molecule has 1 atom stereocenters. The highest BCUT2D eigenvalue weighted by Crippen LogP contribution is 2.11. The summed E-state index contributed by atoms with van der Waals surface area (Å²) in [7, 11) is -1.03. The average molecular weight is 398 g/mol. The van der Waals surface area contributed by atoms with E-state index >= 15 is 0 Å². The Morgan fingerprint density at radius 1 is 1.37 bits per heavy atom. The molecule has 0 aliphatic carbocycles. The van der Waals surface area contributed by atoms with Crippen LogP contribution in [0.1, 0.15) is 20.8 Å². The Bertz CT molecular complexity index is 795. The second-order valence-electron chi connectivity index (χ2n) is 5.48. The maximum Gasteiger partial charge on any atom is 0.200 e. The van der Waals surface area contributed by atoms with E-state index in [1.807, 2.05) is 31.2 Å². The Kier molecular flexibility index (Phi) is 10.1. The molecular weight excluding hydrogens is 374 g/mol. The number of fused-ring (bicyclic) bond motifs is 1. The lowest BCUT2D eigenvalue weighted by molar-refractivity contribution is -0.202. The minimum absolute atomic E-state index is 0.446. The van der Waals surface area contributed by atoms with Crippen LogP contribution in [0.3, 0.4) is 0 Å². The van der Waals surface area contributed by atoms with Crippen LogP contribution in [0.5, 0.6) is 0 Å². The van der Waals surface area contributed by atoms with Crippen LogP contribution in [0.25, 0.3) is 11.0 Å². The molecule has 2 rings (SSSR count). The maximum absolute atomic E-state index is 11.7. The fourth-order valence-electron chi connectivity index (χ4n) is 1.87. The van der Waals surface area contributed by atoms with Crippen molar-refractivity contribution in [1.29, 1.82) is 0 Å². The van der Waals surface area contributed by atoms with Gasteiger partial charge in [0.1, 0.15) is 5.76 Å². The van der Waals surface area contributed by atoms with Crippen molar-refractivity contribution in [3.05, 3.63) is 47.7 Å². The van der Waals surface area contributed by atoms with Crippen LogP contribution in [-0.4, -0.2) is 45.3 Å². The van der Waals surface area contributed by atoms with Crippen molar-refractivity contribution < 1.29 is 17.9 Å². The molecule has 0 saturated heterocycles. The fraction of sp³-hybridized carbons (Fsp3) is 0.333. The summed E-state index contributed by atoms with van der Waals surface area (Å²) in [6, 6.07) is 7.63. The number of nitrogens with one attached hydrogen (secondary N) is 1. The lowest BCUT2D eigenvalue weighted by Gasteiger charge is -2.08. The summed E-state index contributed by atoms with van der Waals surface area (Å²) >= 11 is 0. The molecule has 0 fully saturated rings. The minimum atomic E-state index is -1.03. The molecule has 1 N–H and O–H groups in total. The summed E-state index contributed by atoms with van der Waals surface area (Å²) in [6.07, 6.45) is 6.69. The van der Waals surface area contributed by atoms with E-state index < -0.39 is 22.9 Å². The Morgan fingerprint density at radius 2 is 2.07 bits per heavy atom. The highest BCUT2D eigenvalue weighted by molar-refractivity contribution is 7.84. The number of halogens is 2. The Labute approximate surface area is 160 Å².